The number of nitrogens with zero attached hydrogens (tertiary/aromatic N) is 3. The highest BCUT2D eigenvalue weighted by molar-refractivity contribution is 7.87. The number of ether oxygens (including phenoxy) is 4. The molecule has 2 aromatic carbocycles. The van der Waals surface area contributed by atoms with Crippen molar-refractivity contribution in [3.05, 3.63) is 82.2 Å². The molecule has 1 aliphatic rings. The number of alkyl halides is 3. The van der Waals surface area contributed by atoms with Crippen molar-refractivity contribution in [2.45, 2.75) is 42.8 Å². The Bertz CT molecular complexity index is 1190. The molecule has 200 valence electrons. The molecular weight excluding hydrogens is 523 g/mol. The lowest BCUT2D eigenvalue weighted by Gasteiger charge is -2.43. The van der Waals surface area contributed by atoms with Gasteiger partial charge in [-0.05, 0) is 23.2 Å². The van der Waals surface area contributed by atoms with E-state index in [-0.39, 0.29) is 12.2 Å². The Morgan fingerprint density at radius 3 is 2.27 bits per heavy atom. The molecule has 0 bridgehead atoms. The summed E-state index contributed by atoms with van der Waals surface area (Å²) in [6, 6.07) is 14.5. The van der Waals surface area contributed by atoms with E-state index in [4.69, 9.17) is 24.5 Å². The molecular formula is C22H22F3N3O8S. The fraction of sp³-hybridized carbons (Fsp3) is 0.409. The van der Waals surface area contributed by atoms with E-state index < -0.39 is 58.8 Å². The second-order valence-electron chi connectivity index (χ2n) is 7.66. The van der Waals surface area contributed by atoms with Crippen molar-refractivity contribution in [1.82, 2.24) is 0 Å². The molecule has 5 atom stereocenters. The van der Waals surface area contributed by atoms with Crippen LogP contribution in [0.4, 0.5) is 13.2 Å². The predicted molar refractivity (Wildman–Crippen MR) is 120 cm³/mol. The number of carbonyl (C=O) groups excluding carboxylic acids is 1. The molecule has 15 heteroatoms. The van der Waals surface area contributed by atoms with Crippen molar-refractivity contribution in [3.8, 4) is 0 Å². The van der Waals surface area contributed by atoms with Gasteiger partial charge < -0.3 is 18.9 Å². The topological polar surface area (TPSA) is 146 Å². The van der Waals surface area contributed by atoms with Crippen LogP contribution in [0.15, 0.2) is 65.8 Å². The summed E-state index contributed by atoms with van der Waals surface area (Å²) >= 11 is 0. The van der Waals surface area contributed by atoms with Crippen LogP contribution in [0.25, 0.3) is 10.4 Å². The van der Waals surface area contributed by atoms with Crippen LogP contribution < -0.4 is 0 Å². The van der Waals surface area contributed by atoms with E-state index in [0.717, 1.165) is 0 Å². The molecule has 0 aliphatic carbocycles. The highest BCUT2D eigenvalue weighted by Gasteiger charge is 2.55. The molecule has 2 unspecified atom stereocenters. The fourth-order valence-electron chi connectivity index (χ4n) is 3.49. The number of azide groups is 1. The first-order valence-electron chi connectivity index (χ1n) is 10.7. The second-order valence-corrected chi connectivity index (χ2v) is 9.22. The number of hydrogen-bond acceptors (Lipinski definition) is 9. The molecule has 0 radical (unpaired) electrons. The minimum absolute atomic E-state index is 0.113. The Morgan fingerprint density at radius 2 is 1.70 bits per heavy atom. The number of carbonyl (C=O) groups is 1. The molecule has 1 saturated heterocycles. The van der Waals surface area contributed by atoms with Crippen molar-refractivity contribution in [2.24, 2.45) is 5.11 Å². The first kappa shape index (κ1) is 28.4. The fourth-order valence-corrected chi connectivity index (χ4v) is 4.13. The van der Waals surface area contributed by atoms with Gasteiger partial charge in [0.2, 0.25) is 0 Å². The van der Waals surface area contributed by atoms with Gasteiger partial charge in [0.25, 0.3) is 0 Å². The van der Waals surface area contributed by atoms with Gasteiger partial charge in [-0.1, -0.05) is 53.6 Å². The van der Waals surface area contributed by atoms with Gasteiger partial charge in [0.05, 0.1) is 18.2 Å². The van der Waals surface area contributed by atoms with Gasteiger partial charge in [0, 0.05) is 12.0 Å². The van der Waals surface area contributed by atoms with E-state index in [2.05, 4.69) is 14.2 Å². The molecule has 1 fully saturated rings. The van der Waals surface area contributed by atoms with Gasteiger partial charge in [-0.25, -0.2) is 4.79 Å². The van der Waals surface area contributed by atoms with Crippen LogP contribution in [-0.2, 0) is 39.9 Å². The Morgan fingerprint density at radius 1 is 1.08 bits per heavy atom. The van der Waals surface area contributed by atoms with Crippen LogP contribution in [0.1, 0.15) is 15.9 Å². The third-order valence-electron chi connectivity index (χ3n) is 5.23. The van der Waals surface area contributed by atoms with Crippen molar-refractivity contribution in [3.63, 3.8) is 0 Å². The average Bonchev–Trinajstić information content (AvgIpc) is 2.88. The summed E-state index contributed by atoms with van der Waals surface area (Å²) in [5, 5.41) is 3.46. The normalized spacial score (nSPS) is 24.2. The Kier molecular flexibility index (Phi) is 9.48. The van der Waals surface area contributed by atoms with E-state index in [1.807, 2.05) is 0 Å². The molecule has 0 saturated carbocycles. The molecule has 0 aromatic heterocycles. The van der Waals surface area contributed by atoms with Gasteiger partial charge >= 0.3 is 21.6 Å². The maximum absolute atomic E-state index is 13.2. The molecule has 11 nitrogen and oxygen atoms in total. The maximum Gasteiger partial charge on any atom is 0.523 e. The quantitative estimate of drug-likeness (QED) is 0.110. The summed E-state index contributed by atoms with van der Waals surface area (Å²) in [5.41, 5.74) is 4.10. The zero-order valence-corrected chi connectivity index (χ0v) is 20.0. The summed E-state index contributed by atoms with van der Waals surface area (Å²) in [7, 11) is -5.00. The Labute approximate surface area is 209 Å². The Balaban J connectivity index is 1.91. The van der Waals surface area contributed by atoms with Crippen molar-refractivity contribution < 1.29 is 49.5 Å². The number of halogens is 3. The SMILES string of the molecule is COC1O[C@H](COC(=O)c2ccccc2)[C@@H](OS(=O)(=O)C(F)(F)F)C(N=[N+]=[N-])[C@H]1OCc1ccccc1. The lowest BCUT2D eigenvalue weighted by Crippen LogP contribution is -2.61. The summed E-state index contributed by atoms with van der Waals surface area (Å²) in [6.07, 6.45) is -6.48. The van der Waals surface area contributed by atoms with Crippen LogP contribution in [0.3, 0.4) is 0 Å². The highest BCUT2D eigenvalue weighted by Crippen LogP contribution is 2.34. The minimum atomic E-state index is -6.19. The number of methoxy groups -OCH3 is 1. The van der Waals surface area contributed by atoms with Gasteiger partial charge in [-0.2, -0.15) is 21.6 Å². The van der Waals surface area contributed by atoms with Crippen LogP contribution in [0.5, 0.6) is 0 Å². The summed E-state index contributed by atoms with van der Waals surface area (Å²) in [6.45, 7) is -0.868. The standard InChI is InChI=1S/C22H22F3N3O8S/c1-32-21-19(33-12-14-8-4-2-5-9-14)17(27-28-26)18(36-37(30,31)22(23,24)25)16(35-21)13-34-20(29)15-10-6-3-7-11-15/h2-11,16-19,21H,12-13H2,1H3/t16-,17?,18-,19-,21?/m1/s1. The zero-order chi connectivity index (χ0) is 27.1. The number of rotatable bonds is 10. The number of esters is 1. The average molecular weight is 545 g/mol. The molecule has 1 heterocycles. The smallest absolute Gasteiger partial charge is 0.459 e. The number of hydrogen-bond donors (Lipinski definition) is 0. The molecule has 0 spiro atoms. The lowest BCUT2D eigenvalue weighted by molar-refractivity contribution is -0.276. The summed E-state index contributed by atoms with van der Waals surface area (Å²) < 4.78 is 89.5. The van der Waals surface area contributed by atoms with E-state index in [0.29, 0.717) is 5.56 Å². The van der Waals surface area contributed by atoms with Gasteiger partial charge in [-0.15, -0.1) is 0 Å². The van der Waals surface area contributed by atoms with E-state index >= 15 is 0 Å². The largest absolute Gasteiger partial charge is 0.523 e. The van der Waals surface area contributed by atoms with Crippen molar-refractivity contribution >= 4 is 16.1 Å². The molecule has 0 N–H and O–H groups in total. The second kappa shape index (κ2) is 12.4. The third kappa shape index (κ3) is 7.19. The first-order valence-corrected chi connectivity index (χ1v) is 12.1. The molecule has 37 heavy (non-hydrogen) atoms. The molecule has 0 amide bonds. The van der Waals surface area contributed by atoms with Gasteiger partial charge in [0.1, 0.15) is 24.9 Å². The first-order chi connectivity index (χ1) is 17.6. The van der Waals surface area contributed by atoms with Crippen molar-refractivity contribution in [2.75, 3.05) is 13.7 Å². The van der Waals surface area contributed by atoms with E-state index in [1.54, 1.807) is 48.5 Å². The minimum Gasteiger partial charge on any atom is -0.459 e. The van der Waals surface area contributed by atoms with Gasteiger partial charge in [-0.3, -0.25) is 4.18 Å². The van der Waals surface area contributed by atoms with E-state index in [1.165, 1.54) is 19.2 Å². The zero-order valence-electron chi connectivity index (χ0n) is 19.2. The van der Waals surface area contributed by atoms with Crippen molar-refractivity contribution in [1.29, 1.82) is 0 Å². The highest BCUT2D eigenvalue weighted by atomic mass is 32.2. The monoisotopic (exact) mass is 545 g/mol. The van der Waals surface area contributed by atoms with Crippen LogP contribution in [0, 0.1) is 0 Å². The van der Waals surface area contributed by atoms with E-state index in [9.17, 15) is 26.4 Å². The van der Waals surface area contributed by atoms with Crippen LogP contribution in [0.2, 0.25) is 0 Å². The molecule has 3 rings (SSSR count). The maximum atomic E-state index is 13.2. The summed E-state index contributed by atoms with van der Waals surface area (Å²) in [5.74, 6) is -0.863. The van der Waals surface area contributed by atoms with Gasteiger partial charge in [0.15, 0.2) is 6.29 Å². The Hall–Kier alpha value is -3.20. The predicted octanol–water partition coefficient (Wildman–Crippen LogP) is 3.71. The molecule has 2 aromatic rings. The molecule has 1 aliphatic heterocycles. The lowest BCUT2D eigenvalue weighted by atomic mass is 9.96. The number of benzene rings is 2. The van der Waals surface area contributed by atoms with Crippen LogP contribution >= 0.6 is 0 Å². The van der Waals surface area contributed by atoms with Crippen LogP contribution in [-0.4, -0.2) is 64.3 Å². The third-order valence-corrected chi connectivity index (χ3v) is 6.27. The summed E-state index contributed by atoms with van der Waals surface area (Å²) in [4.78, 5) is 15.0.